The molecule has 8 heteroatoms. The van der Waals surface area contributed by atoms with Crippen LogP contribution in [0.2, 0.25) is 0 Å². The lowest BCUT2D eigenvalue weighted by Gasteiger charge is -2.25. The van der Waals surface area contributed by atoms with Crippen molar-refractivity contribution >= 4 is 39.3 Å². The zero-order chi connectivity index (χ0) is 23.7. The van der Waals surface area contributed by atoms with E-state index in [2.05, 4.69) is 20.9 Å². The van der Waals surface area contributed by atoms with Crippen LogP contribution in [0.1, 0.15) is 37.9 Å². The van der Waals surface area contributed by atoms with Crippen molar-refractivity contribution in [1.29, 1.82) is 0 Å². The number of hydrogen-bond donors (Lipinski definition) is 0. The predicted octanol–water partition coefficient (Wildman–Crippen LogP) is 3.96. The first-order valence-electron chi connectivity index (χ1n) is 10.4. The third kappa shape index (κ3) is 4.58. The normalized spacial score (nSPS) is 15.9. The minimum Gasteiger partial charge on any atom is -0.496 e. The van der Waals surface area contributed by atoms with Gasteiger partial charge < -0.3 is 9.47 Å². The standard InChI is InChI=1S/C25H23BrN2O4S/c1-14(2)32-24(30)21-15(3)27-25-28(22(21)17-8-6-5-7-9-17)23(29)20(33-25)13-16-10-11-19(31-4)18(26)12-16/h5-14,22H,1-4H3. The summed E-state index contributed by atoms with van der Waals surface area (Å²) in [5.74, 6) is 0.245. The lowest BCUT2D eigenvalue weighted by atomic mass is 9.96. The molecule has 0 radical (unpaired) electrons. The van der Waals surface area contributed by atoms with Gasteiger partial charge in [-0.2, -0.15) is 0 Å². The van der Waals surface area contributed by atoms with Crippen LogP contribution in [0, 0.1) is 0 Å². The number of rotatable bonds is 5. The summed E-state index contributed by atoms with van der Waals surface area (Å²) in [5, 5.41) is 0. The second-order valence-corrected chi connectivity index (χ2v) is 9.70. The monoisotopic (exact) mass is 526 g/mol. The molecule has 33 heavy (non-hydrogen) atoms. The van der Waals surface area contributed by atoms with Gasteiger partial charge in [0.1, 0.15) is 5.75 Å². The van der Waals surface area contributed by atoms with Crippen molar-refractivity contribution in [3.05, 3.63) is 95.1 Å². The van der Waals surface area contributed by atoms with E-state index in [0.717, 1.165) is 15.6 Å². The molecule has 0 saturated carbocycles. The van der Waals surface area contributed by atoms with Crippen molar-refractivity contribution in [3.8, 4) is 5.75 Å². The van der Waals surface area contributed by atoms with E-state index in [9.17, 15) is 9.59 Å². The van der Waals surface area contributed by atoms with Crippen LogP contribution in [-0.4, -0.2) is 23.8 Å². The molecule has 0 aliphatic carbocycles. The third-order valence-corrected chi connectivity index (χ3v) is 6.78. The number of hydrogen-bond acceptors (Lipinski definition) is 6. The minimum atomic E-state index is -0.613. The molecule has 0 N–H and O–H groups in total. The van der Waals surface area contributed by atoms with E-state index >= 15 is 0 Å². The number of fused-ring (bicyclic) bond motifs is 1. The molecule has 2 aromatic carbocycles. The van der Waals surface area contributed by atoms with E-state index in [0.29, 0.717) is 26.4 Å². The number of ether oxygens (including phenoxy) is 2. The summed E-state index contributed by atoms with van der Waals surface area (Å²) in [5.41, 5.74) is 2.39. The van der Waals surface area contributed by atoms with Gasteiger partial charge >= 0.3 is 5.97 Å². The number of halogens is 1. The topological polar surface area (TPSA) is 69.9 Å². The Labute approximate surface area is 203 Å². The van der Waals surface area contributed by atoms with Gasteiger partial charge in [0.2, 0.25) is 0 Å². The number of carbonyl (C=O) groups excluding carboxylic acids is 1. The number of allylic oxidation sites excluding steroid dienone is 1. The van der Waals surface area contributed by atoms with Gasteiger partial charge in [-0.15, -0.1) is 0 Å². The quantitative estimate of drug-likeness (QED) is 0.472. The molecule has 0 fully saturated rings. The molecule has 170 valence electrons. The molecule has 3 aromatic rings. The van der Waals surface area contributed by atoms with Crippen molar-refractivity contribution < 1.29 is 14.3 Å². The molecule has 6 nitrogen and oxygen atoms in total. The summed E-state index contributed by atoms with van der Waals surface area (Å²) in [6.07, 6.45) is 1.54. The second kappa shape index (κ2) is 9.49. The highest BCUT2D eigenvalue weighted by Crippen LogP contribution is 2.31. The Kier molecular flexibility index (Phi) is 6.67. The van der Waals surface area contributed by atoms with Gasteiger partial charge in [-0.25, -0.2) is 9.79 Å². The van der Waals surface area contributed by atoms with Crippen LogP contribution >= 0.6 is 27.3 Å². The van der Waals surface area contributed by atoms with Crippen molar-refractivity contribution in [2.75, 3.05) is 7.11 Å². The maximum absolute atomic E-state index is 13.6. The van der Waals surface area contributed by atoms with Gasteiger partial charge in [-0.1, -0.05) is 47.7 Å². The van der Waals surface area contributed by atoms with Gasteiger partial charge in [0.15, 0.2) is 4.80 Å². The van der Waals surface area contributed by atoms with Crippen LogP contribution in [0.15, 0.2) is 74.1 Å². The molecule has 1 aromatic heterocycles. The van der Waals surface area contributed by atoms with Crippen molar-refractivity contribution in [2.24, 2.45) is 4.99 Å². The molecule has 0 spiro atoms. The Morgan fingerprint density at radius 1 is 1.21 bits per heavy atom. The maximum Gasteiger partial charge on any atom is 0.338 e. The van der Waals surface area contributed by atoms with Gasteiger partial charge in [0.05, 0.1) is 39.5 Å². The fourth-order valence-corrected chi connectivity index (χ4v) is 5.34. The van der Waals surface area contributed by atoms with Crippen LogP contribution in [0.3, 0.4) is 0 Å². The molecular formula is C25H23BrN2O4S. The Hall–Kier alpha value is -2.97. The lowest BCUT2D eigenvalue weighted by Crippen LogP contribution is -2.40. The third-order valence-electron chi connectivity index (χ3n) is 5.17. The Bertz CT molecular complexity index is 1420. The molecule has 1 atom stereocenters. The summed E-state index contributed by atoms with van der Waals surface area (Å²) in [4.78, 5) is 31.8. The van der Waals surface area contributed by atoms with Gasteiger partial charge in [-0.3, -0.25) is 9.36 Å². The molecule has 0 amide bonds. The molecule has 1 unspecified atom stereocenters. The number of esters is 1. The van der Waals surface area contributed by atoms with Crippen LogP contribution in [-0.2, 0) is 9.53 Å². The highest BCUT2D eigenvalue weighted by molar-refractivity contribution is 9.10. The number of nitrogens with zero attached hydrogens (tertiary/aromatic N) is 2. The highest BCUT2D eigenvalue weighted by atomic mass is 79.9. The molecule has 0 bridgehead atoms. The Balaban J connectivity index is 1.91. The zero-order valence-electron chi connectivity index (χ0n) is 18.7. The van der Waals surface area contributed by atoms with E-state index in [1.807, 2.05) is 54.6 Å². The van der Waals surface area contributed by atoms with Crippen LogP contribution in [0.5, 0.6) is 5.75 Å². The van der Waals surface area contributed by atoms with E-state index in [4.69, 9.17) is 9.47 Å². The number of methoxy groups -OCH3 is 1. The van der Waals surface area contributed by atoms with Crippen molar-refractivity contribution in [1.82, 2.24) is 4.57 Å². The van der Waals surface area contributed by atoms with E-state index in [-0.39, 0.29) is 11.7 Å². The molecule has 2 heterocycles. The molecule has 1 aliphatic rings. The molecule has 0 saturated heterocycles. The fourth-order valence-electron chi connectivity index (χ4n) is 3.73. The van der Waals surface area contributed by atoms with Crippen molar-refractivity contribution in [2.45, 2.75) is 32.9 Å². The van der Waals surface area contributed by atoms with E-state index in [1.54, 1.807) is 32.4 Å². The smallest absolute Gasteiger partial charge is 0.338 e. The van der Waals surface area contributed by atoms with Gasteiger partial charge in [0, 0.05) is 0 Å². The largest absolute Gasteiger partial charge is 0.496 e. The molecule has 1 aliphatic heterocycles. The number of aromatic nitrogens is 1. The summed E-state index contributed by atoms with van der Waals surface area (Å²) in [6, 6.07) is 14.5. The summed E-state index contributed by atoms with van der Waals surface area (Å²) in [7, 11) is 1.60. The number of thiazole rings is 1. The van der Waals surface area contributed by atoms with Crippen LogP contribution in [0.25, 0.3) is 6.08 Å². The van der Waals surface area contributed by atoms with Gasteiger partial charge in [0.25, 0.3) is 5.56 Å². The van der Waals surface area contributed by atoms with Crippen LogP contribution < -0.4 is 19.6 Å². The summed E-state index contributed by atoms with van der Waals surface area (Å²) >= 11 is 4.78. The SMILES string of the molecule is COc1ccc(C=c2sc3n(c2=O)C(c2ccccc2)C(C(=O)OC(C)C)=C(C)N=3)cc1Br. The Morgan fingerprint density at radius 2 is 1.94 bits per heavy atom. The lowest BCUT2D eigenvalue weighted by molar-refractivity contribution is -0.143. The minimum absolute atomic E-state index is 0.207. The first-order chi connectivity index (χ1) is 15.8. The highest BCUT2D eigenvalue weighted by Gasteiger charge is 2.33. The zero-order valence-corrected chi connectivity index (χ0v) is 21.1. The fraction of sp³-hybridized carbons (Fsp3) is 0.240. The predicted molar refractivity (Wildman–Crippen MR) is 132 cm³/mol. The van der Waals surface area contributed by atoms with E-state index < -0.39 is 12.0 Å². The number of carbonyl (C=O) groups is 1. The average Bonchev–Trinajstić information content (AvgIpc) is 3.07. The molecule has 4 rings (SSSR count). The first kappa shape index (κ1) is 23.2. The second-order valence-electron chi connectivity index (χ2n) is 7.84. The van der Waals surface area contributed by atoms with E-state index in [1.165, 1.54) is 11.3 Å². The average molecular weight is 527 g/mol. The Morgan fingerprint density at radius 3 is 2.58 bits per heavy atom. The maximum atomic E-state index is 13.6. The first-order valence-corrected chi connectivity index (χ1v) is 12.0. The van der Waals surface area contributed by atoms with Crippen molar-refractivity contribution in [3.63, 3.8) is 0 Å². The number of benzene rings is 2. The summed E-state index contributed by atoms with van der Waals surface area (Å²) < 4.78 is 13.7. The van der Waals surface area contributed by atoms with Gasteiger partial charge in [-0.05, 0) is 66.0 Å². The molecular weight excluding hydrogens is 504 g/mol. The summed E-state index contributed by atoms with van der Waals surface area (Å²) in [6.45, 7) is 5.38. The van der Waals surface area contributed by atoms with Crippen LogP contribution in [0.4, 0.5) is 0 Å².